The lowest BCUT2D eigenvalue weighted by Crippen LogP contribution is -2.53. The molecule has 7 N–H and O–H groups in total. The lowest BCUT2D eigenvalue weighted by molar-refractivity contribution is -0.131. The Hall–Kier alpha value is -2.42. The molecule has 0 radical (unpaired) electrons. The number of hydrogen-bond donors (Lipinski definition) is 5. The normalized spacial score (nSPS) is 12.7. The molecule has 9 nitrogen and oxygen atoms in total. The Balaban J connectivity index is 2.33. The minimum atomic E-state index is -0.814. The Kier molecular flexibility index (Phi) is 19.1. The second kappa shape index (κ2) is 21.6. The summed E-state index contributed by atoms with van der Waals surface area (Å²) in [5.74, 6) is -1.18. The predicted octanol–water partition coefficient (Wildman–Crippen LogP) is 4.02. The summed E-state index contributed by atoms with van der Waals surface area (Å²) in [6.45, 7) is 2.76. The number of hydrogen-bond acceptors (Lipinski definition) is 5. The number of unbranched alkanes of at least 4 members (excludes halogenated alkanes) is 13. The van der Waals surface area contributed by atoms with Crippen molar-refractivity contribution in [2.24, 2.45) is 11.5 Å². The molecule has 0 aliphatic heterocycles. The maximum atomic E-state index is 12.9. The molecule has 0 fully saturated rings. The molecule has 212 valence electrons. The molecule has 3 amide bonds. The third-order valence-corrected chi connectivity index (χ3v) is 6.74. The largest absolute Gasteiger partial charge is 0.368 e. The molecule has 0 aromatic carbocycles. The molecule has 0 saturated carbocycles. The average molecular weight is 521 g/mol. The Bertz CT molecular complexity index is 726. The van der Waals surface area contributed by atoms with Gasteiger partial charge in [-0.05, 0) is 32.2 Å². The summed E-state index contributed by atoms with van der Waals surface area (Å²) in [6.07, 6.45) is 21.8. The van der Waals surface area contributed by atoms with Gasteiger partial charge in [0.05, 0.1) is 6.33 Å². The van der Waals surface area contributed by atoms with E-state index in [0.29, 0.717) is 25.8 Å². The number of imidazole rings is 1. The highest BCUT2D eigenvalue weighted by atomic mass is 16.2. The van der Waals surface area contributed by atoms with E-state index in [4.69, 9.17) is 11.5 Å². The molecule has 9 heteroatoms. The maximum absolute atomic E-state index is 12.9. The number of primary amides is 1. The molecule has 0 unspecified atom stereocenters. The van der Waals surface area contributed by atoms with Gasteiger partial charge in [0.1, 0.15) is 12.1 Å². The molecule has 2 atom stereocenters. The predicted molar refractivity (Wildman–Crippen MR) is 149 cm³/mol. The molecular weight excluding hydrogens is 468 g/mol. The van der Waals surface area contributed by atoms with Gasteiger partial charge in [-0.25, -0.2) is 4.98 Å². The van der Waals surface area contributed by atoms with E-state index >= 15 is 0 Å². The molecule has 0 saturated heterocycles. The van der Waals surface area contributed by atoms with Gasteiger partial charge in [-0.2, -0.15) is 0 Å². The van der Waals surface area contributed by atoms with Crippen molar-refractivity contribution < 1.29 is 14.4 Å². The molecule has 37 heavy (non-hydrogen) atoms. The standard InChI is InChI=1S/C28H52N6O3/c1-2-3-4-5-6-7-8-9-10-11-12-13-14-18-26(35)33-25(20-23-21-31-22-32-23)28(37)34-24(27(30)36)17-15-16-19-29/h21-22,24-25H,2-20,29H2,1H3,(H2,30,36)(H,31,32)(H,33,35)(H,34,37)/t24-,25+/m0/s1. The van der Waals surface area contributed by atoms with Crippen LogP contribution in [0.2, 0.25) is 0 Å². The van der Waals surface area contributed by atoms with E-state index < -0.39 is 23.9 Å². The summed E-state index contributed by atoms with van der Waals surface area (Å²) >= 11 is 0. The number of aromatic nitrogens is 2. The molecule has 1 aromatic rings. The highest BCUT2D eigenvalue weighted by molar-refractivity contribution is 5.91. The first kappa shape index (κ1) is 32.6. The van der Waals surface area contributed by atoms with Crippen molar-refractivity contribution in [1.82, 2.24) is 20.6 Å². The van der Waals surface area contributed by atoms with Gasteiger partial charge >= 0.3 is 0 Å². The summed E-state index contributed by atoms with van der Waals surface area (Å²) in [6, 6.07) is -1.60. The average Bonchev–Trinajstić information content (AvgIpc) is 3.39. The highest BCUT2D eigenvalue weighted by Crippen LogP contribution is 2.13. The smallest absolute Gasteiger partial charge is 0.243 e. The number of aromatic amines is 1. The second-order valence-corrected chi connectivity index (χ2v) is 10.1. The number of amides is 3. The topological polar surface area (TPSA) is 156 Å². The maximum Gasteiger partial charge on any atom is 0.243 e. The van der Waals surface area contributed by atoms with Crippen molar-refractivity contribution in [3.63, 3.8) is 0 Å². The Morgan fingerprint density at radius 2 is 1.43 bits per heavy atom. The second-order valence-electron chi connectivity index (χ2n) is 10.1. The molecule has 0 spiro atoms. The van der Waals surface area contributed by atoms with Crippen LogP contribution in [0.3, 0.4) is 0 Å². The van der Waals surface area contributed by atoms with Gasteiger partial charge in [-0.15, -0.1) is 0 Å². The number of nitrogens with zero attached hydrogens (tertiary/aromatic N) is 1. The third-order valence-electron chi connectivity index (χ3n) is 6.74. The van der Waals surface area contributed by atoms with Crippen molar-refractivity contribution in [3.8, 4) is 0 Å². The summed E-state index contributed by atoms with van der Waals surface area (Å²) in [7, 11) is 0. The number of nitrogens with two attached hydrogens (primary N) is 2. The fourth-order valence-electron chi connectivity index (χ4n) is 4.45. The van der Waals surface area contributed by atoms with Crippen LogP contribution in [-0.4, -0.2) is 46.3 Å². The molecular formula is C28H52N6O3. The Labute approximate surface area is 223 Å². The van der Waals surface area contributed by atoms with Crippen LogP contribution in [-0.2, 0) is 20.8 Å². The van der Waals surface area contributed by atoms with Crippen LogP contribution in [0, 0.1) is 0 Å². The van der Waals surface area contributed by atoms with E-state index in [2.05, 4.69) is 27.5 Å². The zero-order chi connectivity index (χ0) is 27.1. The van der Waals surface area contributed by atoms with Gasteiger partial charge in [0.2, 0.25) is 17.7 Å². The minimum absolute atomic E-state index is 0.165. The van der Waals surface area contributed by atoms with Crippen molar-refractivity contribution in [2.75, 3.05) is 6.54 Å². The Morgan fingerprint density at radius 3 is 1.95 bits per heavy atom. The molecule has 1 aromatic heterocycles. The molecule has 0 aliphatic carbocycles. The van der Waals surface area contributed by atoms with Crippen molar-refractivity contribution in [1.29, 1.82) is 0 Å². The number of H-pyrrole nitrogens is 1. The van der Waals surface area contributed by atoms with Gasteiger partial charge in [0, 0.05) is 24.7 Å². The number of carbonyl (C=O) groups excluding carboxylic acids is 3. The van der Waals surface area contributed by atoms with Gasteiger partial charge in [-0.3, -0.25) is 14.4 Å². The molecule has 1 heterocycles. The third kappa shape index (κ3) is 16.9. The molecule has 0 aliphatic rings. The van der Waals surface area contributed by atoms with Crippen LogP contribution in [0.25, 0.3) is 0 Å². The van der Waals surface area contributed by atoms with Gasteiger partial charge < -0.3 is 27.1 Å². The van der Waals surface area contributed by atoms with Crippen LogP contribution in [0.4, 0.5) is 0 Å². The van der Waals surface area contributed by atoms with Gasteiger partial charge in [0.15, 0.2) is 0 Å². The van der Waals surface area contributed by atoms with Crippen LogP contribution < -0.4 is 22.1 Å². The van der Waals surface area contributed by atoms with Gasteiger partial charge in [0.25, 0.3) is 0 Å². The number of nitrogens with one attached hydrogen (secondary N) is 3. The van der Waals surface area contributed by atoms with E-state index in [1.54, 1.807) is 6.20 Å². The lowest BCUT2D eigenvalue weighted by Gasteiger charge is -2.21. The SMILES string of the molecule is CCCCCCCCCCCCCCCC(=O)N[C@H](Cc1cnc[nH]1)C(=O)N[C@@H](CCCCN)C(N)=O. The van der Waals surface area contributed by atoms with E-state index in [-0.39, 0.29) is 12.3 Å². The summed E-state index contributed by atoms with van der Waals surface area (Å²) in [4.78, 5) is 44.3. The minimum Gasteiger partial charge on any atom is -0.368 e. The zero-order valence-corrected chi connectivity index (χ0v) is 23.1. The molecule has 1 rings (SSSR count). The highest BCUT2D eigenvalue weighted by Gasteiger charge is 2.26. The monoisotopic (exact) mass is 520 g/mol. The van der Waals surface area contributed by atoms with Crippen molar-refractivity contribution in [2.45, 2.75) is 135 Å². The lowest BCUT2D eigenvalue weighted by atomic mass is 10.0. The summed E-state index contributed by atoms with van der Waals surface area (Å²) < 4.78 is 0. The summed E-state index contributed by atoms with van der Waals surface area (Å²) in [5.41, 5.74) is 11.7. The van der Waals surface area contributed by atoms with Gasteiger partial charge in [-0.1, -0.05) is 84.0 Å². The Morgan fingerprint density at radius 1 is 0.838 bits per heavy atom. The van der Waals surface area contributed by atoms with E-state index in [1.165, 1.54) is 70.5 Å². The fourth-order valence-corrected chi connectivity index (χ4v) is 4.45. The first-order chi connectivity index (χ1) is 18.0. The van der Waals surface area contributed by atoms with Crippen LogP contribution in [0.5, 0.6) is 0 Å². The van der Waals surface area contributed by atoms with E-state index in [0.717, 1.165) is 31.4 Å². The van der Waals surface area contributed by atoms with E-state index in [9.17, 15) is 14.4 Å². The van der Waals surface area contributed by atoms with E-state index in [1.807, 2.05) is 0 Å². The number of carbonyl (C=O) groups is 3. The fraction of sp³-hybridized carbons (Fsp3) is 0.786. The van der Waals surface area contributed by atoms with Crippen molar-refractivity contribution in [3.05, 3.63) is 18.2 Å². The number of rotatable bonds is 24. The van der Waals surface area contributed by atoms with Crippen molar-refractivity contribution >= 4 is 17.7 Å². The zero-order valence-electron chi connectivity index (χ0n) is 23.1. The first-order valence-corrected chi connectivity index (χ1v) is 14.5. The van der Waals surface area contributed by atoms with Crippen LogP contribution >= 0.6 is 0 Å². The quantitative estimate of drug-likeness (QED) is 0.130. The molecule has 0 bridgehead atoms. The van der Waals surface area contributed by atoms with Crippen LogP contribution in [0.15, 0.2) is 12.5 Å². The first-order valence-electron chi connectivity index (χ1n) is 14.5. The van der Waals surface area contributed by atoms with Crippen LogP contribution in [0.1, 0.15) is 122 Å². The summed E-state index contributed by atoms with van der Waals surface area (Å²) in [5, 5.41) is 5.55.